The summed E-state index contributed by atoms with van der Waals surface area (Å²) < 4.78 is 15.7. The van der Waals surface area contributed by atoms with Crippen LogP contribution in [0.15, 0.2) is 47.1 Å². The van der Waals surface area contributed by atoms with Crippen molar-refractivity contribution >= 4 is 12.0 Å². The topological polar surface area (TPSA) is 80.9 Å². The molecule has 1 aliphatic rings. The van der Waals surface area contributed by atoms with Crippen molar-refractivity contribution < 1.29 is 23.8 Å². The molecule has 1 aromatic carbocycles. The zero-order valence-corrected chi connectivity index (χ0v) is 12.6. The standard InChI is InChI=1S/C17H17NO5/c1-17(20,15-3-2-8-21-15)10-18-16(19)7-5-12-4-6-13-14(9-12)23-11-22-13/h2-9,20H,10-11H2,1H3,(H,18,19)/b7-5+. The predicted octanol–water partition coefficient (Wildman–Crippen LogP) is 2.05. The number of hydrogen-bond donors (Lipinski definition) is 2. The van der Waals surface area contributed by atoms with Gasteiger partial charge in [0.1, 0.15) is 11.4 Å². The van der Waals surface area contributed by atoms with Crippen molar-refractivity contribution in [2.45, 2.75) is 12.5 Å². The molecule has 0 aliphatic carbocycles. The quantitative estimate of drug-likeness (QED) is 0.825. The second-order valence-electron chi connectivity index (χ2n) is 5.41. The molecule has 2 heterocycles. The van der Waals surface area contributed by atoms with E-state index >= 15 is 0 Å². The van der Waals surface area contributed by atoms with Crippen molar-refractivity contribution in [3.05, 3.63) is 54.0 Å². The van der Waals surface area contributed by atoms with E-state index in [2.05, 4.69) is 5.32 Å². The summed E-state index contributed by atoms with van der Waals surface area (Å²) >= 11 is 0. The summed E-state index contributed by atoms with van der Waals surface area (Å²) in [5.74, 6) is 1.45. The molecule has 1 atom stereocenters. The van der Waals surface area contributed by atoms with Gasteiger partial charge in [-0.05, 0) is 42.8 Å². The molecule has 1 aliphatic heterocycles. The van der Waals surface area contributed by atoms with Crippen LogP contribution in [0.4, 0.5) is 0 Å². The third-order valence-electron chi connectivity index (χ3n) is 3.48. The molecule has 2 N–H and O–H groups in total. The average molecular weight is 315 g/mol. The van der Waals surface area contributed by atoms with Crippen molar-refractivity contribution in [1.29, 1.82) is 0 Å². The van der Waals surface area contributed by atoms with Crippen LogP contribution in [-0.4, -0.2) is 24.4 Å². The predicted molar refractivity (Wildman–Crippen MR) is 82.9 cm³/mol. The molecule has 6 heteroatoms. The zero-order chi connectivity index (χ0) is 16.3. The molecule has 0 fully saturated rings. The van der Waals surface area contributed by atoms with Gasteiger partial charge in [-0.2, -0.15) is 0 Å². The molecular formula is C17H17NO5. The maximum absolute atomic E-state index is 11.9. The molecule has 0 saturated heterocycles. The molecular weight excluding hydrogens is 298 g/mol. The van der Waals surface area contributed by atoms with Crippen LogP contribution >= 0.6 is 0 Å². The number of nitrogens with one attached hydrogen (secondary N) is 1. The highest BCUT2D eigenvalue weighted by molar-refractivity contribution is 5.91. The average Bonchev–Trinajstić information content (AvgIpc) is 3.21. The maximum atomic E-state index is 11.9. The molecule has 3 rings (SSSR count). The SMILES string of the molecule is CC(O)(CNC(=O)/C=C/c1ccc2c(c1)OCO2)c1ccco1. The lowest BCUT2D eigenvalue weighted by Gasteiger charge is -2.20. The summed E-state index contributed by atoms with van der Waals surface area (Å²) in [6.07, 6.45) is 4.54. The summed E-state index contributed by atoms with van der Waals surface area (Å²) in [6, 6.07) is 8.77. The number of carbonyl (C=O) groups is 1. The zero-order valence-electron chi connectivity index (χ0n) is 12.6. The van der Waals surface area contributed by atoms with Crippen LogP contribution in [0.5, 0.6) is 11.5 Å². The molecule has 6 nitrogen and oxygen atoms in total. The Morgan fingerprint density at radius 3 is 2.96 bits per heavy atom. The number of benzene rings is 1. The fourth-order valence-corrected chi connectivity index (χ4v) is 2.18. The first-order valence-electron chi connectivity index (χ1n) is 7.16. The molecule has 1 amide bonds. The minimum atomic E-state index is -1.26. The van der Waals surface area contributed by atoms with Gasteiger partial charge >= 0.3 is 0 Å². The van der Waals surface area contributed by atoms with E-state index in [-0.39, 0.29) is 19.2 Å². The van der Waals surface area contributed by atoms with Crippen LogP contribution in [-0.2, 0) is 10.4 Å². The fraction of sp³-hybridized carbons (Fsp3) is 0.235. The summed E-state index contributed by atoms with van der Waals surface area (Å²) in [6.45, 7) is 1.84. The number of ether oxygens (including phenoxy) is 2. The molecule has 0 saturated carbocycles. The highest BCUT2D eigenvalue weighted by atomic mass is 16.7. The fourth-order valence-electron chi connectivity index (χ4n) is 2.18. The van der Waals surface area contributed by atoms with Crippen molar-refractivity contribution in [3.8, 4) is 11.5 Å². The van der Waals surface area contributed by atoms with Crippen molar-refractivity contribution in [2.75, 3.05) is 13.3 Å². The second kappa shape index (κ2) is 6.18. The van der Waals surface area contributed by atoms with E-state index in [1.54, 1.807) is 37.3 Å². The van der Waals surface area contributed by atoms with Gasteiger partial charge in [0.2, 0.25) is 12.7 Å². The Labute approximate surface area is 133 Å². The van der Waals surface area contributed by atoms with E-state index in [1.165, 1.54) is 12.3 Å². The number of rotatable bonds is 5. The molecule has 1 aromatic heterocycles. The first kappa shape index (κ1) is 15.2. The van der Waals surface area contributed by atoms with Gasteiger partial charge < -0.3 is 24.3 Å². The summed E-state index contributed by atoms with van der Waals surface area (Å²) in [7, 11) is 0. The van der Waals surface area contributed by atoms with E-state index in [1.807, 2.05) is 6.07 Å². The molecule has 0 radical (unpaired) electrons. The van der Waals surface area contributed by atoms with Gasteiger partial charge in [-0.1, -0.05) is 6.07 Å². The summed E-state index contributed by atoms with van der Waals surface area (Å²) in [5, 5.41) is 12.9. The Bertz CT molecular complexity index is 719. The lowest BCUT2D eigenvalue weighted by atomic mass is 10.0. The lowest BCUT2D eigenvalue weighted by molar-refractivity contribution is -0.117. The largest absolute Gasteiger partial charge is 0.466 e. The van der Waals surface area contributed by atoms with Crippen molar-refractivity contribution in [1.82, 2.24) is 5.32 Å². The number of aliphatic hydroxyl groups is 1. The van der Waals surface area contributed by atoms with E-state index in [0.29, 0.717) is 17.3 Å². The number of amides is 1. The van der Waals surface area contributed by atoms with E-state index in [4.69, 9.17) is 13.9 Å². The van der Waals surface area contributed by atoms with Gasteiger partial charge in [-0.3, -0.25) is 4.79 Å². The molecule has 0 spiro atoms. The highest BCUT2D eigenvalue weighted by Crippen LogP contribution is 2.32. The van der Waals surface area contributed by atoms with Gasteiger partial charge in [-0.15, -0.1) is 0 Å². The van der Waals surface area contributed by atoms with Crippen LogP contribution in [0.1, 0.15) is 18.2 Å². The second-order valence-corrected chi connectivity index (χ2v) is 5.41. The molecule has 1 unspecified atom stereocenters. The molecule has 120 valence electrons. The monoisotopic (exact) mass is 315 g/mol. The van der Waals surface area contributed by atoms with Gasteiger partial charge in [0.05, 0.1) is 12.8 Å². The number of hydrogen-bond acceptors (Lipinski definition) is 5. The smallest absolute Gasteiger partial charge is 0.244 e. The third-order valence-corrected chi connectivity index (χ3v) is 3.48. The minimum Gasteiger partial charge on any atom is -0.466 e. The maximum Gasteiger partial charge on any atom is 0.244 e. The van der Waals surface area contributed by atoms with Crippen LogP contribution in [0, 0.1) is 0 Å². The Balaban J connectivity index is 1.57. The molecule has 23 heavy (non-hydrogen) atoms. The number of furan rings is 1. The Morgan fingerprint density at radius 2 is 2.17 bits per heavy atom. The van der Waals surface area contributed by atoms with Crippen LogP contribution in [0.3, 0.4) is 0 Å². The lowest BCUT2D eigenvalue weighted by Crippen LogP contribution is -2.37. The minimum absolute atomic E-state index is 0.0465. The molecule has 2 aromatic rings. The van der Waals surface area contributed by atoms with Crippen molar-refractivity contribution in [3.63, 3.8) is 0 Å². The third kappa shape index (κ3) is 3.54. The van der Waals surface area contributed by atoms with Crippen LogP contribution in [0.2, 0.25) is 0 Å². The van der Waals surface area contributed by atoms with Gasteiger partial charge in [0.25, 0.3) is 0 Å². The number of fused-ring (bicyclic) bond motifs is 1. The van der Waals surface area contributed by atoms with E-state index in [0.717, 1.165) is 5.56 Å². The van der Waals surface area contributed by atoms with E-state index < -0.39 is 5.60 Å². The Hall–Kier alpha value is -2.73. The Morgan fingerprint density at radius 1 is 1.35 bits per heavy atom. The van der Waals surface area contributed by atoms with Crippen LogP contribution in [0.25, 0.3) is 6.08 Å². The first-order valence-corrected chi connectivity index (χ1v) is 7.16. The first-order chi connectivity index (χ1) is 11.0. The van der Waals surface area contributed by atoms with Crippen LogP contribution < -0.4 is 14.8 Å². The van der Waals surface area contributed by atoms with Gasteiger partial charge in [0.15, 0.2) is 11.5 Å². The Kier molecular flexibility index (Phi) is 4.08. The highest BCUT2D eigenvalue weighted by Gasteiger charge is 2.26. The molecule has 0 bridgehead atoms. The van der Waals surface area contributed by atoms with Gasteiger partial charge in [-0.25, -0.2) is 0 Å². The van der Waals surface area contributed by atoms with Crippen molar-refractivity contribution in [2.24, 2.45) is 0 Å². The summed E-state index contributed by atoms with van der Waals surface area (Å²) in [5.41, 5.74) is -0.437. The van der Waals surface area contributed by atoms with Gasteiger partial charge in [0, 0.05) is 6.08 Å². The van der Waals surface area contributed by atoms with E-state index in [9.17, 15) is 9.90 Å². The number of carbonyl (C=O) groups excluding carboxylic acids is 1. The normalized spacial score (nSPS) is 15.6. The summed E-state index contributed by atoms with van der Waals surface area (Å²) in [4.78, 5) is 11.9.